The third-order valence-electron chi connectivity index (χ3n) is 1.96. The minimum Gasteiger partial charge on any atom is -0.438 e. The SMILES string of the molecule is C=CCN(CCOC)c1ccc(C=O)o1. The molecule has 4 nitrogen and oxygen atoms in total. The van der Waals surface area contributed by atoms with E-state index in [2.05, 4.69) is 6.58 Å². The largest absolute Gasteiger partial charge is 0.438 e. The number of carbonyl (C=O) groups is 1. The van der Waals surface area contributed by atoms with Crippen molar-refractivity contribution in [3.05, 3.63) is 30.5 Å². The van der Waals surface area contributed by atoms with E-state index in [1.165, 1.54) is 0 Å². The van der Waals surface area contributed by atoms with E-state index in [1.54, 1.807) is 25.3 Å². The summed E-state index contributed by atoms with van der Waals surface area (Å²) in [6.07, 6.45) is 2.46. The van der Waals surface area contributed by atoms with Crippen molar-refractivity contribution in [3.8, 4) is 0 Å². The van der Waals surface area contributed by atoms with Gasteiger partial charge in [0.05, 0.1) is 6.61 Å². The Balaban J connectivity index is 2.68. The van der Waals surface area contributed by atoms with Crippen LogP contribution >= 0.6 is 0 Å². The molecular formula is C11H15NO3. The predicted octanol–water partition coefficient (Wildman–Crippen LogP) is 1.73. The molecule has 0 fully saturated rings. The molecule has 0 spiro atoms. The van der Waals surface area contributed by atoms with E-state index in [0.717, 1.165) is 0 Å². The fourth-order valence-corrected chi connectivity index (χ4v) is 1.22. The van der Waals surface area contributed by atoms with Gasteiger partial charge in [-0.2, -0.15) is 0 Å². The van der Waals surface area contributed by atoms with Gasteiger partial charge in [-0.3, -0.25) is 4.79 Å². The third-order valence-corrected chi connectivity index (χ3v) is 1.96. The lowest BCUT2D eigenvalue weighted by molar-refractivity contribution is 0.110. The molecule has 1 rings (SSSR count). The average molecular weight is 209 g/mol. The maximum Gasteiger partial charge on any atom is 0.196 e. The van der Waals surface area contributed by atoms with Crippen LogP contribution in [-0.2, 0) is 4.74 Å². The summed E-state index contributed by atoms with van der Waals surface area (Å²) in [6, 6.07) is 3.41. The zero-order valence-electron chi connectivity index (χ0n) is 8.81. The summed E-state index contributed by atoms with van der Waals surface area (Å²) in [7, 11) is 1.64. The molecule has 0 aliphatic heterocycles. The first-order valence-electron chi connectivity index (χ1n) is 4.71. The highest BCUT2D eigenvalue weighted by Gasteiger charge is 2.08. The molecule has 0 N–H and O–H groups in total. The molecule has 1 aromatic heterocycles. The zero-order valence-corrected chi connectivity index (χ0v) is 8.81. The van der Waals surface area contributed by atoms with Crippen molar-refractivity contribution in [2.75, 3.05) is 31.7 Å². The summed E-state index contributed by atoms with van der Waals surface area (Å²) in [5.74, 6) is 0.991. The van der Waals surface area contributed by atoms with E-state index in [9.17, 15) is 4.79 Å². The van der Waals surface area contributed by atoms with Crippen LogP contribution in [0, 0.1) is 0 Å². The van der Waals surface area contributed by atoms with Crippen LogP contribution < -0.4 is 4.90 Å². The molecule has 0 atom stereocenters. The highest BCUT2D eigenvalue weighted by Crippen LogP contribution is 2.17. The smallest absolute Gasteiger partial charge is 0.196 e. The summed E-state index contributed by atoms with van der Waals surface area (Å²) < 4.78 is 10.3. The molecule has 0 saturated carbocycles. The first-order valence-corrected chi connectivity index (χ1v) is 4.71. The summed E-state index contributed by atoms with van der Waals surface area (Å²) in [4.78, 5) is 12.4. The highest BCUT2D eigenvalue weighted by atomic mass is 16.5. The first-order chi connectivity index (χ1) is 7.31. The molecule has 0 bridgehead atoms. The Labute approximate surface area is 89.1 Å². The number of ether oxygens (including phenoxy) is 1. The van der Waals surface area contributed by atoms with Crippen LogP contribution in [0.15, 0.2) is 29.2 Å². The molecular weight excluding hydrogens is 194 g/mol. The molecule has 1 heterocycles. The number of aldehydes is 1. The summed E-state index contributed by atoms with van der Waals surface area (Å²) >= 11 is 0. The van der Waals surface area contributed by atoms with Crippen LogP contribution in [0.5, 0.6) is 0 Å². The molecule has 4 heteroatoms. The summed E-state index contributed by atoms with van der Waals surface area (Å²) in [5, 5.41) is 0. The van der Waals surface area contributed by atoms with E-state index in [-0.39, 0.29) is 0 Å². The van der Waals surface area contributed by atoms with Crippen molar-refractivity contribution in [2.45, 2.75) is 0 Å². The van der Waals surface area contributed by atoms with Gasteiger partial charge in [-0.1, -0.05) is 6.08 Å². The lowest BCUT2D eigenvalue weighted by atomic mass is 10.4. The minimum absolute atomic E-state index is 0.330. The average Bonchev–Trinajstić information content (AvgIpc) is 2.72. The van der Waals surface area contributed by atoms with E-state index in [1.807, 2.05) is 4.90 Å². The predicted molar refractivity (Wildman–Crippen MR) is 58.4 cm³/mol. The fourth-order valence-electron chi connectivity index (χ4n) is 1.22. The van der Waals surface area contributed by atoms with Gasteiger partial charge < -0.3 is 14.1 Å². The van der Waals surface area contributed by atoms with E-state index < -0.39 is 0 Å². The van der Waals surface area contributed by atoms with Crippen LogP contribution in [0.25, 0.3) is 0 Å². The second kappa shape index (κ2) is 6.03. The monoisotopic (exact) mass is 209 g/mol. The highest BCUT2D eigenvalue weighted by molar-refractivity contribution is 5.71. The van der Waals surface area contributed by atoms with Crippen LogP contribution in [-0.4, -0.2) is 33.1 Å². The van der Waals surface area contributed by atoms with Crippen molar-refractivity contribution >= 4 is 12.2 Å². The number of rotatable bonds is 7. The van der Waals surface area contributed by atoms with Gasteiger partial charge in [-0.15, -0.1) is 6.58 Å². The second-order valence-corrected chi connectivity index (χ2v) is 3.02. The number of hydrogen-bond acceptors (Lipinski definition) is 4. The van der Waals surface area contributed by atoms with E-state index >= 15 is 0 Å². The van der Waals surface area contributed by atoms with Gasteiger partial charge in [0.25, 0.3) is 0 Å². The minimum atomic E-state index is 0.330. The van der Waals surface area contributed by atoms with Gasteiger partial charge in [0, 0.05) is 26.3 Å². The molecule has 0 aliphatic rings. The Morgan fingerprint density at radius 2 is 2.40 bits per heavy atom. The zero-order chi connectivity index (χ0) is 11.1. The van der Waals surface area contributed by atoms with Crippen LogP contribution in [0.2, 0.25) is 0 Å². The molecule has 0 radical (unpaired) electrons. The van der Waals surface area contributed by atoms with Gasteiger partial charge >= 0.3 is 0 Å². The van der Waals surface area contributed by atoms with Gasteiger partial charge in [0.1, 0.15) is 0 Å². The standard InChI is InChI=1S/C11H15NO3/c1-3-6-12(7-8-14-2)11-5-4-10(9-13)15-11/h3-5,9H,1,6-8H2,2H3. The molecule has 0 aromatic carbocycles. The Kier molecular flexibility index (Phi) is 4.63. The van der Waals surface area contributed by atoms with Crippen molar-refractivity contribution < 1.29 is 13.9 Å². The third kappa shape index (κ3) is 3.25. The maximum absolute atomic E-state index is 10.5. The lowest BCUT2D eigenvalue weighted by Crippen LogP contribution is -2.26. The molecule has 82 valence electrons. The van der Waals surface area contributed by atoms with Gasteiger partial charge in [0.2, 0.25) is 0 Å². The van der Waals surface area contributed by atoms with Gasteiger partial charge in [-0.05, 0) is 6.07 Å². The van der Waals surface area contributed by atoms with Crippen LogP contribution in [0.3, 0.4) is 0 Å². The molecule has 0 saturated heterocycles. The van der Waals surface area contributed by atoms with Crippen molar-refractivity contribution in [3.63, 3.8) is 0 Å². The number of nitrogens with zero attached hydrogens (tertiary/aromatic N) is 1. The van der Waals surface area contributed by atoms with Gasteiger partial charge in [-0.25, -0.2) is 0 Å². The maximum atomic E-state index is 10.5. The fraction of sp³-hybridized carbons (Fsp3) is 0.364. The quantitative estimate of drug-likeness (QED) is 0.506. The molecule has 0 aliphatic carbocycles. The van der Waals surface area contributed by atoms with E-state index in [4.69, 9.17) is 9.15 Å². The number of anilines is 1. The molecule has 0 unspecified atom stereocenters. The molecule has 15 heavy (non-hydrogen) atoms. The van der Waals surface area contributed by atoms with Crippen LogP contribution in [0.4, 0.5) is 5.88 Å². The number of carbonyl (C=O) groups excluding carboxylic acids is 1. The Morgan fingerprint density at radius 1 is 1.60 bits per heavy atom. The number of hydrogen-bond donors (Lipinski definition) is 0. The normalized spacial score (nSPS) is 9.93. The Morgan fingerprint density at radius 3 is 2.93 bits per heavy atom. The van der Waals surface area contributed by atoms with E-state index in [0.29, 0.717) is 37.6 Å². The summed E-state index contributed by atoms with van der Waals surface area (Å²) in [5.41, 5.74) is 0. The Hall–Kier alpha value is -1.55. The second-order valence-electron chi connectivity index (χ2n) is 3.02. The molecule has 1 aromatic rings. The first kappa shape index (κ1) is 11.5. The number of furan rings is 1. The molecule has 0 amide bonds. The van der Waals surface area contributed by atoms with Crippen molar-refractivity contribution in [1.29, 1.82) is 0 Å². The van der Waals surface area contributed by atoms with Crippen molar-refractivity contribution in [1.82, 2.24) is 0 Å². The summed E-state index contributed by atoms with van der Waals surface area (Å²) in [6.45, 7) is 5.63. The Bertz CT molecular complexity index is 319. The topological polar surface area (TPSA) is 42.7 Å². The van der Waals surface area contributed by atoms with Crippen LogP contribution in [0.1, 0.15) is 10.6 Å². The van der Waals surface area contributed by atoms with Crippen molar-refractivity contribution in [2.24, 2.45) is 0 Å². The number of methoxy groups -OCH3 is 1. The lowest BCUT2D eigenvalue weighted by Gasteiger charge is -2.19. The van der Waals surface area contributed by atoms with Gasteiger partial charge in [0.15, 0.2) is 17.9 Å².